The highest BCUT2D eigenvalue weighted by molar-refractivity contribution is 7.89. The lowest BCUT2D eigenvalue weighted by molar-refractivity contribution is 0.594. The van der Waals surface area contributed by atoms with E-state index >= 15 is 0 Å². The number of aryl methyl sites for hydroxylation is 1. The van der Waals surface area contributed by atoms with E-state index in [2.05, 4.69) is 9.97 Å². The van der Waals surface area contributed by atoms with Crippen molar-refractivity contribution < 1.29 is 12.8 Å². The van der Waals surface area contributed by atoms with Gasteiger partial charge in [0.05, 0.1) is 18.1 Å². The Bertz CT molecular complexity index is 377. The summed E-state index contributed by atoms with van der Waals surface area (Å²) in [4.78, 5) is 7.15. The minimum Gasteiger partial charge on any atom is -0.238 e. The molecule has 1 aromatic rings. The fourth-order valence-corrected chi connectivity index (χ4v) is 1.17. The molecule has 1 aromatic heterocycles. The van der Waals surface area contributed by atoms with Gasteiger partial charge in [0.2, 0.25) is 10.0 Å². The third-order valence-corrected chi connectivity index (χ3v) is 2.06. The highest BCUT2D eigenvalue weighted by Crippen LogP contribution is 1.95. The summed E-state index contributed by atoms with van der Waals surface area (Å²) in [6, 6.07) is 0. The first kappa shape index (κ1) is 13.9. The normalized spacial score (nSPS) is 10.4. The van der Waals surface area contributed by atoms with Crippen LogP contribution in [0, 0.1) is 5.82 Å². The Morgan fingerprint density at radius 3 is 2.20 bits per heavy atom. The van der Waals surface area contributed by atoms with Crippen molar-refractivity contribution in [2.75, 3.05) is 5.75 Å². The fraction of sp³-hybridized carbons (Fsp3) is 0.500. The summed E-state index contributed by atoms with van der Waals surface area (Å²) in [6.45, 7) is 4.00. The Balaban J connectivity index is 0.000000921. The van der Waals surface area contributed by atoms with E-state index in [1.54, 1.807) is 0 Å². The summed E-state index contributed by atoms with van der Waals surface area (Å²) in [5.41, 5.74) is 0. The van der Waals surface area contributed by atoms with Gasteiger partial charge in [0.25, 0.3) is 0 Å². The second-order valence-corrected chi connectivity index (χ2v) is 4.17. The van der Waals surface area contributed by atoms with Gasteiger partial charge in [0, 0.05) is 6.42 Å². The molecule has 0 bridgehead atoms. The lowest BCUT2D eigenvalue weighted by Crippen LogP contribution is -2.18. The van der Waals surface area contributed by atoms with Gasteiger partial charge in [-0.2, -0.15) is 0 Å². The minimum absolute atomic E-state index is 0.0963. The van der Waals surface area contributed by atoms with E-state index < -0.39 is 15.8 Å². The van der Waals surface area contributed by atoms with E-state index in [0.717, 1.165) is 12.4 Å². The Kier molecular flexibility index (Phi) is 5.95. The molecule has 2 N–H and O–H groups in total. The lowest BCUT2D eigenvalue weighted by atomic mass is 10.4. The standard InChI is InChI=1S/C6H8FN3O2S.C2H6/c7-5-3-9-6(10-4-5)1-2-13(8,11)12;1-2/h3-4H,1-2H2,(H2,8,11,12);1-2H3. The largest absolute Gasteiger partial charge is 0.238 e. The minimum atomic E-state index is -3.51. The van der Waals surface area contributed by atoms with Gasteiger partial charge in [-0.15, -0.1) is 0 Å². The highest BCUT2D eigenvalue weighted by atomic mass is 32.2. The van der Waals surface area contributed by atoms with Crippen LogP contribution in [0.1, 0.15) is 19.7 Å². The molecule has 86 valence electrons. The second kappa shape index (κ2) is 6.41. The first-order valence-electron chi connectivity index (χ1n) is 4.44. The van der Waals surface area contributed by atoms with Crippen LogP contribution in [-0.2, 0) is 16.4 Å². The third kappa shape index (κ3) is 6.92. The van der Waals surface area contributed by atoms with Gasteiger partial charge >= 0.3 is 0 Å². The van der Waals surface area contributed by atoms with Crippen molar-refractivity contribution in [3.63, 3.8) is 0 Å². The average molecular weight is 235 g/mol. The van der Waals surface area contributed by atoms with Crippen LogP contribution in [-0.4, -0.2) is 24.1 Å². The quantitative estimate of drug-likeness (QED) is 0.825. The van der Waals surface area contributed by atoms with Gasteiger partial charge in [-0.1, -0.05) is 13.8 Å². The first-order valence-corrected chi connectivity index (χ1v) is 6.16. The molecule has 0 saturated carbocycles. The molecule has 0 saturated heterocycles. The lowest BCUT2D eigenvalue weighted by Gasteiger charge is -1.97. The second-order valence-electron chi connectivity index (χ2n) is 2.43. The van der Waals surface area contributed by atoms with E-state index in [-0.39, 0.29) is 18.0 Å². The summed E-state index contributed by atoms with van der Waals surface area (Å²) >= 11 is 0. The number of rotatable bonds is 3. The average Bonchev–Trinajstić information content (AvgIpc) is 2.19. The van der Waals surface area contributed by atoms with E-state index in [1.165, 1.54) is 0 Å². The van der Waals surface area contributed by atoms with E-state index in [1.807, 2.05) is 13.8 Å². The molecule has 1 heterocycles. The Morgan fingerprint density at radius 2 is 1.80 bits per heavy atom. The Labute approximate surface area is 88.6 Å². The first-order chi connectivity index (χ1) is 6.97. The molecule has 0 atom stereocenters. The summed E-state index contributed by atoms with van der Waals surface area (Å²) in [7, 11) is -3.51. The molecule has 0 unspecified atom stereocenters. The van der Waals surface area contributed by atoms with Gasteiger partial charge < -0.3 is 0 Å². The van der Waals surface area contributed by atoms with Gasteiger partial charge in [-0.3, -0.25) is 0 Å². The topological polar surface area (TPSA) is 85.9 Å². The molecule has 15 heavy (non-hydrogen) atoms. The predicted molar refractivity (Wildman–Crippen MR) is 55.0 cm³/mol. The number of hydrogen-bond donors (Lipinski definition) is 1. The molecule has 0 aliphatic heterocycles. The van der Waals surface area contributed by atoms with Crippen LogP contribution < -0.4 is 5.14 Å². The molecule has 0 radical (unpaired) electrons. The van der Waals surface area contributed by atoms with Crippen molar-refractivity contribution in [2.24, 2.45) is 5.14 Å². The Hall–Kier alpha value is -1.08. The molecule has 1 rings (SSSR count). The number of halogens is 1. The van der Waals surface area contributed by atoms with Gasteiger partial charge in [0.15, 0.2) is 5.82 Å². The number of nitrogens with two attached hydrogens (primary N) is 1. The zero-order valence-corrected chi connectivity index (χ0v) is 9.46. The van der Waals surface area contributed by atoms with Crippen LogP contribution in [0.25, 0.3) is 0 Å². The number of primary sulfonamides is 1. The van der Waals surface area contributed by atoms with Crippen LogP contribution in [0.15, 0.2) is 12.4 Å². The molecule has 0 aliphatic rings. The maximum Gasteiger partial charge on any atom is 0.209 e. The van der Waals surface area contributed by atoms with Crippen LogP contribution in [0.4, 0.5) is 4.39 Å². The molecule has 7 heteroatoms. The van der Waals surface area contributed by atoms with Crippen molar-refractivity contribution in [1.29, 1.82) is 0 Å². The monoisotopic (exact) mass is 235 g/mol. The number of nitrogens with zero attached hydrogens (tertiary/aromatic N) is 2. The van der Waals surface area contributed by atoms with E-state index in [4.69, 9.17) is 5.14 Å². The van der Waals surface area contributed by atoms with Crippen molar-refractivity contribution in [3.8, 4) is 0 Å². The molecule has 0 spiro atoms. The highest BCUT2D eigenvalue weighted by Gasteiger charge is 2.05. The molecular formula is C8H14FN3O2S. The van der Waals surface area contributed by atoms with Crippen molar-refractivity contribution in [2.45, 2.75) is 20.3 Å². The number of hydrogen-bond acceptors (Lipinski definition) is 4. The molecule has 0 aromatic carbocycles. The molecule has 5 nitrogen and oxygen atoms in total. The summed E-state index contributed by atoms with van der Waals surface area (Å²) in [5, 5.41) is 4.76. The molecule has 0 amide bonds. The van der Waals surface area contributed by atoms with Crippen molar-refractivity contribution in [1.82, 2.24) is 9.97 Å². The van der Waals surface area contributed by atoms with Crippen molar-refractivity contribution in [3.05, 3.63) is 24.0 Å². The molecule has 0 fully saturated rings. The summed E-state index contributed by atoms with van der Waals surface area (Å²) in [6.07, 6.45) is 2.05. The van der Waals surface area contributed by atoms with Gasteiger partial charge in [-0.05, 0) is 0 Å². The van der Waals surface area contributed by atoms with Crippen molar-refractivity contribution >= 4 is 10.0 Å². The van der Waals surface area contributed by atoms with Crippen LogP contribution in [0.5, 0.6) is 0 Å². The predicted octanol–water partition coefficient (Wildman–Crippen LogP) is 0.473. The molecule has 0 aliphatic carbocycles. The maximum atomic E-state index is 12.3. The van der Waals surface area contributed by atoms with Gasteiger partial charge in [0.1, 0.15) is 5.82 Å². The Morgan fingerprint density at radius 1 is 1.33 bits per heavy atom. The van der Waals surface area contributed by atoms with Crippen LogP contribution in [0.3, 0.4) is 0 Å². The SMILES string of the molecule is CC.NS(=O)(=O)CCc1ncc(F)cn1. The summed E-state index contributed by atoms with van der Waals surface area (Å²) < 4.78 is 33.3. The zero-order valence-electron chi connectivity index (χ0n) is 8.64. The van der Waals surface area contributed by atoms with Crippen LogP contribution in [0.2, 0.25) is 0 Å². The van der Waals surface area contributed by atoms with Crippen LogP contribution >= 0.6 is 0 Å². The summed E-state index contributed by atoms with van der Waals surface area (Å²) in [5.74, 6) is -0.534. The zero-order chi connectivity index (χ0) is 11.9. The molecular weight excluding hydrogens is 221 g/mol. The maximum absolute atomic E-state index is 12.3. The third-order valence-electron chi connectivity index (χ3n) is 1.28. The van der Waals surface area contributed by atoms with Gasteiger partial charge in [-0.25, -0.2) is 27.9 Å². The smallest absolute Gasteiger partial charge is 0.209 e. The van der Waals surface area contributed by atoms with E-state index in [0.29, 0.717) is 0 Å². The fourth-order valence-electron chi connectivity index (χ4n) is 0.702. The number of aromatic nitrogens is 2. The number of sulfonamides is 1. The van der Waals surface area contributed by atoms with E-state index in [9.17, 15) is 12.8 Å².